The summed E-state index contributed by atoms with van der Waals surface area (Å²) in [6.07, 6.45) is 0. The van der Waals surface area contributed by atoms with Crippen molar-refractivity contribution < 1.29 is 24.0 Å². The summed E-state index contributed by atoms with van der Waals surface area (Å²) in [5, 5.41) is 23.0. The van der Waals surface area contributed by atoms with Gasteiger partial charge in [0.15, 0.2) is 0 Å². The van der Waals surface area contributed by atoms with E-state index < -0.39 is 40.0 Å². The Kier molecular flexibility index (Phi) is 3.72. The molecule has 0 bridgehead atoms. The molecular weight excluding hydrogens is 345 g/mol. The molecule has 1 aliphatic rings. The summed E-state index contributed by atoms with van der Waals surface area (Å²) in [4.78, 5) is 34.2. The van der Waals surface area contributed by atoms with E-state index in [9.17, 15) is 29.2 Å². The predicted molar refractivity (Wildman–Crippen MR) is 79.4 cm³/mol. The van der Waals surface area contributed by atoms with Gasteiger partial charge in [-0.25, -0.2) is 9.18 Å². The normalized spacial score (nSPS) is 16.4. The van der Waals surface area contributed by atoms with E-state index in [-0.39, 0.29) is 22.8 Å². The van der Waals surface area contributed by atoms with Crippen molar-refractivity contribution in [1.82, 2.24) is 9.88 Å². The van der Waals surface area contributed by atoms with Crippen LogP contribution in [-0.2, 0) is 11.3 Å². The third kappa shape index (κ3) is 2.38. The number of carbonyl (C=O) groups excluding carboxylic acids is 1. The monoisotopic (exact) mass is 353 g/mol. The second kappa shape index (κ2) is 5.60. The number of rotatable bonds is 3. The van der Waals surface area contributed by atoms with Crippen LogP contribution < -0.4 is 5.32 Å². The fourth-order valence-corrected chi connectivity index (χ4v) is 2.95. The van der Waals surface area contributed by atoms with Crippen molar-refractivity contribution in [2.24, 2.45) is 0 Å². The van der Waals surface area contributed by atoms with Gasteiger partial charge in [0.05, 0.1) is 11.5 Å². The molecule has 1 aromatic carbocycles. The van der Waals surface area contributed by atoms with Crippen LogP contribution in [0.25, 0.3) is 0 Å². The van der Waals surface area contributed by atoms with Gasteiger partial charge in [-0.05, 0) is 18.2 Å². The molecule has 24 heavy (non-hydrogen) atoms. The highest BCUT2D eigenvalue weighted by Crippen LogP contribution is 2.36. The molecule has 10 heteroatoms. The first-order valence-corrected chi connectivity index (χ1v) is 7.03. The number of halogens is 2. The molecular formula is C14H9ClFN3O5. The fourth-order valence-electron chi connectivity index (χ4n) is 2.73. The van der Waals surface area contributed by atoms with E-state index >= 15 is 0 Å². The average molecular weight is 354 g/mol. The first kappa shape index (κ1) is 15.9. The molecule has 0 aliphatic carbocycles. The number of hydrogen-bond acceptors (Lipinski definition) is 4. The molecule has 1 unspecified atom stereocenters. The van der Waals surface area contributed by atoms with Gasteiger partial charge in [0.1, 0.15) is 23.2 Å². The lowest BCUT2D eigenvalue weighted by molar-refractivity contribution is -0.385. The van der Waals surface area contributed by atoms with E-state index in [1.165, 1.54) is 6.07 Å². The molecule has 0 fully saturated rings. The number of nitrogens with zero attached hydrogens (tertiary/aromatic N) is 2. The van der Waals surface area contributed by atoms with Crippen LogP contribution >= 0.6 is 11.6 Å². The average Bonchev–Trinajstić information content (AvgIpc) is 2.90. The number of nitrogens with one attached hydrogen (secondary N) is 1. The molecule has 3 rings (SSSR count). The Hall–Kier alpha value is -2.94. The summed E-state index contributed by atoms with van der Waals surface area (Å²) < 4.78 is 14.6. The smallest absolute Gasteiger partial charge is 0.352 e. The summed E-state index contributed by atoms with van der Waals surface area (Å²) >= 11 is 6.02. The SMILES string of the molecule is O=C(O)c1cc([N+](=O)[O-])c2n1C(c1cc(F)ccc1Cl)C(=O)NC2. The van der Waals surface area contributed by atoms with E-state index in [1.807, 2.05) is 0 Å². The summed E-state index contributed by atoms with van der Waals surface area (Å²) in [5.74, 6) is -2.76. The maximum atomic E-state index is 13.6. The van der Waals surface area contributed by atoms with E-state index in [4.69, 9.17) is 11.6 Å². The number of carboxylic acid groups (broad SMARTS) is 1. The van der Waals surface area contributed by atoms with E-state index in [2.05, 4.69) is 5.32 Å². The molecule has 1 atom stereocenters. The van der Waals surface area contributed by atoms with Gasteiger partial charge in [0.2, 0.25) is 5.91 Å². The van der Waals surface area contributed by atoms with Gasteiger partial charge in [-0.3, -0.25) is 14.9 Å². The van der Waals surface area contributed by atoms with Gasteiger partial charge in [0.25, 0.3) is 5.69 Å². The third-order valence-electron chi connectivity index (χ3n) is 3.72. The Morgan fingerprint density at radius 2 is 2.17 bits per heavy atom. The molecule has 124 valence electrons. The predicted octanol–water partition coefficient (Wildman–Crippen LogP) is 2.11. The number of carboxylic acids is 1. The van der Waals surface area contributed by atoms with E-state index in [1.54, 1.807) is 0 Å². The molecule has 2 N–H and O–H groups in total. The second-order valence-electron chi connectivity index (χ2n) is 5.08. The Morgan fingerprint density at radius 3 is 2.79 bits per heavy atom. The molecule has 1 aromatic heterocycles. The van der Waals surface area contributed by atoms with Crippen LogP contribution in [0, 0.1) is 15.9 Å². The quantitative estimate of drug-likeness (QED) is 0.647. The van der Waals surface area contributed by atoms with Crippen LogP contribution in [0.5, 0.6) is 0 Å². The Morgan fingerprint density at radius 1 is 1.46 bits per heavy atom. The number of nitro groups is 1. The number of fused-ring (bicyclic) bond motifs is 1. The Bertz CT molecular complexity index is 895. The minimum absolute atomic E-state index is 0.00216. The van der Waals surface area contributed by atoms with Crippen molar-refractivity contribution in [2.45, 2.75) is 12.6 Å². The van der Waals surface area contributed by atoms with Crippen LogP contribution in [0.1, 0.15) is 27.8 Å². The zero-order chi connectivity index (χ0) is 17.6. The van der Waals surface area contributed by atoms with Crippen LogP contribution in [-0.4, -0.2) is 26.5 Å². The largest absolute Gasteiger partial charge is 0.477 e. The molecule has 2 aromatic rings. The number of aromatic carboxylic acids is 1. The van der Waals surface area contributed by atoms with Crippen molar-refractivity contribution >= 4 is 29.2 Å². The molecule has 1 amide bonds. The summed E-state index contributed by atoms with van der Waals surface area (Å²) in [6.45, 7) is -0.216. The highest BCUT2D eigenvalue weighted by molar-refractivity contribution is 6.31. The maximum absolute atomic E-state index is 13.6. The molecule has 1 aliphatic heterocycles. The van der Waals surface area contributed by atoms with Crippen molar-refractivity contribution in [2.75, 3.05) is 0 Å². The number of carbonyl (C=O) groups is 2. The lowest BCUT2D eigenvalue weighted by Crippen LogP contribution is -2.40. The van der Waals surface area contributed by atoms with Crippen molar-refractivity contribution in [3.05, 3.63) is 62.2 Å². The van der Waals surface area contributed by atoms with Gasteiger partial charge < -0.3 is 15.0 Å². The maximum Gasteiger partial charge on any atom is 0.352 e. The molecule has 0 radical (unpaired) electrons. The third-order valence-corrected chi connectivity index (χ3v) is 4.07. The molecule has 8 nitrogen and oxygen atoms in total. The van der Waals surface area contributed by atoms with E-state index in [0.717, 1.165) is 22.8 Å². The first-order chi connectivity index (χ1) is 11.3. The van der Waals surface area contributed by atoms with Crippen molar-refractivity contribution in [3.63, 3.8) is 0 Å². The van der Waals surface area contributed by atoms with Gasteiger partial charge in [0, 0.05) is 16.7 Å². The standard InChI is InChI=1S/C14H9ClFN3O5/c15-8-2-1-6(16)3-7(8)12-13(20)17-5-11-9(19(23)24)4-10(14(21)22)18(11)12/h1-4,12H,5H2,(H,17,20)(H,21,22). The fraction of sp³-hybridized carbons (Fsp3) is 0.143. The Labute approximate surface area is 138 Å². The van der Waals surface area contributed by atoms with Crippen molar-refractivity contribution in [1.29, 1.82) is 0 Å². The highest BCUT2D eigenvalue weighted by atomic mass is 35.5. The van der Waals surface area contributed by atoms with Gasteiger partial charge in [-0.2, -0.15) is 0 Å². The summed E-state index contributed by atoms with van der Waals surface area (Å²) in [7, 11) is 0. The van der Waals surface area contributed by atoms with Crippen LogP contribution in [0.4, 0.5) is 10.1 Å². The van der Waals surface area contributed by atoms with Crippen molar-refractivity contribution in [3.8, 4) is 0 Å². The van der Waals surface area contributed by atoms with E-state index in [0.29, 0.717) is 0 Å². The molecule has 0 spiro atoms. The highest BCUT2D eigenvalue weighted by Gasteiger charge is 2.38. The zero-order valence-electron chi connectivity index (χ0n) is 11.8. The minimum atomic E-state index is -1.45. The van der Waals surface area contributed by atoms with Crippen LogP contribution in [0.3, 0.4) is 0 Å². The first-order valence-electron chi connectivity index (χ1n) is 6.65. The number of hydrogen-bond donors (Lipinski definition) is 2. The topological polar surface area (TPSA) is 114 Å². The van der Waals surface area contributed by atoms with Gasteiger partial charge >= 0.3 is 5.97 Å². The number of benzene rings is 1. The molecule has 0 saturated carbocycles. The lowest BCUT2D eigenvalue weighted by Gasteiger charge is -2.27. The summed E-state index contributed by atoms with van der Waals surface area (Å²) in [5.41, 5.74) is -0.868. The molecule has 0 saturated heterocycles. The minimum Gasteiger partial charge on any atom is -0.477 e. The van der Waals surface area contributed by atoms with Gasteiger partial charge in [-0.1, -0.05) is 11.6 Å². The summed E-state index contributed by atoms with van der Waals surface area (Å²) in [6, 6.07) is 2.87. The molecule has 2 heterocycles. The number of aromatic nitrogens is 1. The Balaban J connectivity index is 2.31. The van der Waals surface area contributed by atoms with Crippen LogP contribution in [0.15, 0.2) is 24.3 Å². The lowest BCUT2D eigenvalue weighted by atomic mass is 10.0. The van der Waals surface area contributed by atoms with Crippen LogP contribution in [0.2, 0.25) is 5.02 Å². The van der Waals surface area contributed by atoms with Gasteiger partial charge in [-0.15, -0.1) is 0 Å². The number of amides is 1. The zero-order valence-corrected chi connectivity index (χ0v) is 12.6. The second-order valence-corrected chi connectivity index (χ2v) is 5.49.